The number of amides is 2. The number of aliphatic hydroxyl groups excluding tert-OH is 1. The predicted molar refractivity (Wildman–Crippen MR) is 70.2 cm³/mol. The fourth-order valence-corrected chi connectivity index (χ4v) is 2.18. The largest absolute Gasteiger partial charge is 0.378 e. The molecule has 1 saturated heterocycles. The maximum absolute atomic E-state index is 13.0. The summed E-state index contributed by atoms with van der Waals surface area (Å²) < 4.78 is 13.0. The van der Waals surface area contributed by atoms with E-state index < -0.39 is 17.8 Å². The fraction of sp³-hybridized carbons (Fsp3) is 0.429. The van der Waals surface area contributed by atoms with E-state index in [4.69, 9.17) is 0 Å². The van der Waals surface area contributed by atoms with Gasteiger partial charge in [-0.25, -0.2) is 4.39 Å². The molecular formula is C14H17FN2O3. The molecular weight excluding hydrogens is 263 g/mol. The smallest absolute Gasteiger partial charge is 0.253 e. The van der Waals surface area contributed by atoms with Crippen molar-refractivity contribution in [2.24, 2.45) is 0 Å². The van der Waals surface area contributed by atoms with Crippen LogP contribution in [0, 0.1) is 5.82 Å². The standard InChI is InChI=1S/C14H17FN2O3/c15-11-4-1-3-10(9-11)13(19)14(20)16-6-8-17-7-2-5-12(17)18/h1,3-4,9,13,19H,2,5-8H2,(H,16,20). The van der Waals surface area contributed by atoms with E-state index in [0.717, 1.165) is 12.5 Å². The molecule has 2 rings (SSSR count). The van der Waals surface area contributed by atoms with E-state index in [0.29, 0.717) is 19.5 Å². The second kappa shape index (κ2) is 6.47. The Kier molecular flexibility index (Phi) is 4.68. The van der Waals surface area contributed by atoms with Gasteiger partial charge in [0.25, 0.3) is 5.91 Å². The second-order valence-electron chi connectivity index (χ2n) is 4.73. The number of benzene rings is 1. The number of hydrogen-bond donors (Lipinski definition) is 2. The number of nitrogens with zero attached hydrogens (tertiary/aromatic N) is 1. The summed E-state index contributed by atoms with van der Waals surface area (Å²) in [4.78, 5) is 24.8. The van der Waals surface area contributed by atoms with Crippen molar-refractivity contribution in [2.45, 2.75) is 18.9 Å². The zero-order valence-corrected chi connectivity index (χ0v) is 11.0. The van der Waals surface area contributed by atoms with Gasteiger partial charge < -0.3 is 15.3 Å². The minimum Gasteiger partial charge on any atom is -0.378 e. The molecule has 0 aliphatic carbocycles. The lowest BCUT2D eigenvalue weighted by Crippen LogP contribution is -2.37. The molecule has 108 valence electrons. The van der Waals surface area contributed by atoms with Crippen molar-refractivity contribution in [3.05, 3.63) is 35.6 Å². The Balaban J connectivity index is 1.81. The highest BCUT2D eigenvalue weighted by atomic mass is 19.1. The van der Waals surface area contributed by atoms with Crippen LogP contribution in [-0.2, 0) is 9.59 Å². The molecule has 2 amide bonds. The van der Waals surface area contributed by atoms with Gasteiger partial charge in [0.15, 0.2) is 6.10 Å². The molecule has 1 aliphatic heterocycles. The van der Waals surface area contributed by atoms with Gasteiger partial charge in [-0.1, -0.05) is 12.1 Å². The van der Waals surface area contributed by atoms with Crippen LogP contribution in [0.25, 0.3) is 0 Å². The Bertz CT molecular complexity index is 507. The quantitative estimate of drug-likeness (QED) is 0.829. The van der Waals surface area contributed by atoms with Crippen LogP contribution in [0.5, 0.6) is 0 Å². The zero-order chi connectivity index (χ0) is 14.5. The molecule has 0 aromatic heterocycles. The molecule has 1 aromatic rings. The molecule has 1 fully saturated rings. The molecule has 1 atom stereocenters. The van der Waals surface area contributed by atoms with E-state index in [-0.39, 0.29) is 18.0 Å². The van der Waals surface area contributed by atoms with Crippen molar-refractivity contribution in [2.75, 3.05) is 19.6 Å². The summed E-state index contributed by atoms with van der Waals surface area (Å²) in [7, 11) is 0. The van der Waals surface area contributed by atoms with Gasteiger partial charge in [-0.2, -0.15) is 0 Å². The van der Waals surface area contributed by atoms with E-state index >= 15 is 0 Å². The molecule has 6 heteroatoms. The van der Waals surface area contributed by atoms with Crippen LogP contribution in [0.15, 0.2) is 24.3 Å². The Morgan fingerprint density at radius 2 is 2.30 bits per heavy atom. The van der Waals surface area contributed by atoms with Crippen LogP contribution in [0.1, 0.15) is 24.5 Å². The number of likely N-dealkylation sites (tertiary alicyclic amines) is 1. The van der Waals surface area contributed by atoms with Crippen molar-refractivity contribution in [1.29, 1.82) is 0 Å². The summed E-state index contributed by atoms with van der Waals surface area (Å²) in [5, 5.41) is 12.3. The van der Waals surface area contributed by atoms with Crippen LogP contribution < -0.4 is 5.32 Å². The third-order valence-corrected chi connectivity index (χ3v) is 3.27. The van der Waals surface area contributed by atoms with E-state index in [2.05, 4.69) is 5.32 Å². The number of halogens is 1. The first-order valence-corrected chi connectivity index (χ1v) is 6.57. The van der Waals surface area contributed by atoms with Gasteiger partial charge in [0.05, 0.1) is 0 Å². The zero-order valence-electron chi connectivity index (χ0n) is 11.0. The Morgan fingerprint density at radius 1 is 1.50 bits per heavy atom. The molecule has 0 radical (unpaired) electrons. The minimum atomic E-state index is -1.40. The molecule has 0 bridgehead atoms. The van der Waals surface area contributed by atoms with E-state index in [1.54, 1.807) is 4.90 Å². The Labute approximate surface area is 116 Å². The van der Waals surface area contributed by atoms with Gasteiger partial charge >= 0.3 is 0 Å². The van der Waals surface area contributed by atoms with Gasteiger partial charge in [-0.3, -0.25) is 9.59 Å². The molecule has 2 N–H and O–H groups in total. The first-order valence-electron chi connectivity index (χ1n) is 6.57. The van der Waals surface area contributed by atoms with Gasteiger partial charge in [-0.05, 0) is 24.1 Å². The molecule has 1 aliphatic rings. The van der Waals surface area contributed by atoms with E-state index in [1.807, 2.05) is 0 Å². The number of nitrogens with one attached hydrogen (secondary N) is 1. The van der Waals surface area contributed by atoms with Gasteiger partial charge in [0.2, 0.25) is 5.91 Å². The number of rotatable bonds is 5. The lowest BCUT2D eigenvalue weighted by atomic mass is 10.1. The number of hydrogen-bond acceptors (Lipinski definition) is 3. The summed E-state index contributed by atoms with van der Waals surface area (Å²) in [6, 6.07) is 5.28. The molecule has 0 spiro atoms. The average molecular weight is 280 g/mol. The molecule has 0 saturated carbocycles. The van der Waals surface area contributed by atoms with E-state index in [9.17, 15) is 19.1 Å². The van der Waals surface area contributed by atoms with Crippen molar-refractivity contribution in [3.8, 4) is 0 Å². The fourth-order valence-electron chi connectivity index (χ4n) is 2.18. The van der Waals surface area contributed by atoms with Crippen molar-refractivity contribution < 1.29 is 19.1 Å². The maximum atomic E-state index is 13.0. The highest BCUT2D eigenvalue weighted by molar-refractivity contribution is 5.82. The number of aliphatic hydroxyl groups is 1. The Morgan fingerprint density at radius 3 is 2.95 bits per heavy atom. The van der Waals surface area contributed by atoms with Crippen molar-refractivity contribution >= 4 is 11.8 Å². The first kappa shape index (κ1) is 14.5. The lowest BCUT2D eigenvalue weighted by molar-refractivity contribution is -0.131. The highest BCUT2D eigenvalue weighted by Crippen LogP contribution is 2.14. The lowest BCUT2D eigenvalue weighted by Gasteiger charge is -2.17. The summed E-state index contributed by atoms with van der Waals surface area (Å²) in [6.45, 7) is 1.42. The summed E-state index contributed by atoms with van der Waals surface area (Å²) in [5.74, 6) is -1.01. The van der Waals surface area contributed by atoms with Crippen LogP contribution >= 0.6 is 0 Å². The summed E-state index contributed by atoms with van der Waals surface area (Å²) >= 11 is 0. The molecule has 1 unspecified atom stereocenters. The normalized spacial score (nSPS) is 16.3. The topological polar surface area (TPSA) is 69.6 Å². The second-order valence-corrected chi connectivity index (χ2v) is 4.73. The average Bonchev–Trinajstić information content (AvgIpc) is 2.83. The van der Waals surface area contributed by atoms with Crippen molar-refractivity contribution in [1.82, 2.24) is 10.2 Å². The molecule has 1 heterocycles. The van der Waals surface area contributed by atoms with Crippen molar-refractivity contribution in [3.63, 3.8) is 0 Å². The molecule has 1 aromatic carbocycles. The van der Waals surface area contributed by atoms with Crippen LogP contribution in [0.3, 0.4) is 0 Å². The highest BCUT2D eigenvalue weighted by Gasteiger charge is 2.21. The minimum absolute atomic E-state index is 0.0879. The van der Waals surface area contributed by atoms with Gasteiger partial charge in [0, 0.05) is 26.1 Å². The molecule has 20 heavy (non-hydrogen) atoms. The number of carbonyl (C=O) groups is 2. The third kappa shape index (κ3) is 3.54. The number of carbonyl (C=O) groups excluding carboxylic acids is 2. The Hall–Kier alpha value is -1.95. The summed E-state index contributed by atoms with van der Waals surface area (Å²) in [6.07, 6.45) is -0.00145. The summed E-state index contributed by atoms with van der Waals surface area (Å²) in [5.41, 5.74) is 0.208. The van der Waals surface area contributed by atoms with Gasteiger partial charge in [-0.15, -0.1) is 0 Å². The van der Waals surface area contributed by atoms with E-state index in [1.165, 1.54) is 18.2 Å². The van der Waals surface area contributed by atoms with Gasteiger partial charge in [0.1, 0.15) is 5.82 Å². The first-order chi connectivity index (χ1) is 9.58. The van der Waals surface area contributed by atoms with Crippen LogP contribution in [0.2, 0.25) is 0 Å². The SMILES string of the molecule is O=C(NCCN1CCCC1=O)C(O)c1cccc(F)c1. The van der Waals surface area contributed by atoms with Crippen LogP contribution in [0.4, 0.5) is 4.39 Å². The monoisotopic (exact) mass is 280 g/mol. The van der Waals surface area contributed by atoms with Crippen LogP contribution in [-0.4, -0.2) is 41.5 Å². The maximum Gasteiger partial charge on any atom is 0.253 e. The molecule has 5 nitrogen and oxygen atoms in total. The predicted octanol–water partition coefficient (Wildman–Crippen LogP) is 0.598. The third-order valence-electron chi connectivity index (χ3n) is 3.27.